The summed E-state index contributed by atoms with van der Waals surface area (Å²) in [6, 6.07) is 17.3. The van der Waals surface area contributed by atoms with Crippen LogP contribution in [0.5, 0.6) is 0 Å². The third-order valence-electron chi connectivity index (χ3n) is 8.16. The van der Waals surface area contributed by atoms with Gasteiger partial charge in [-0.2, -0.15) is 5.10 Å². The molecule has 0 bridgehead atoms. The van der Waals surface area contributed by atoms with Gasteiger partial charge in [0.15, 0.2) is 12.0 Å². The van der Waals surface area contributed by atoms with Gasteiger partial charge in [-0.1, -0.05) is 0 Å². The quantitative estimate of drug-likeness (QED) is 0.245. The van der Waals surface area contributed by atoms with E-state index in [4.69, 9.17) is 9.72 Å². The molecule has 0 saturated carbocycles. The Hall–Kier alpha value is -4.84. The molecule has 6 rings (SSSR count). The van der Waals surface area contributed by atoms with Gasteiger partial charge in [0.25, 0.3) is 0 Å². The number of likely N-dealkylation sites (tertiary alicyclic amines) is 1. The fourth-order valence-corrected chi connectivity index (χ4v) is 5.71. The Kier molecular flexibility index (Phi) is 8.51. The monoisotopic (exact) mass is 597 g/mol. The van der Waals surface area contributed by atoms with Crippen LogP contribution in [0.25, 0.3) is 10.9 Å². The fraction of sp³-hybridized carbons (Fsp3) is 0.375. The number of H-pyrrole nitrogens is 1. The Labute approximate surface area is 257 Å². The van der Waals surface area contributed by atoms with Gasteiger partial charge >= 0.3 is 6.09 Å². The molecule has 2 aromatic heterocycles. The molecule has 230 valence electrons. The van der Waals surface area contributed by atoms with Gasteiger partial charge in [-0.3, -0.25) is 19.7 Å². The number of aromatic amines is 1. The van der Waals surface area contributed by atoms with Crippen LogP contribution in [0, 0.1) is 0 Å². The molecule has 2 aromatic carbocycles. The minimum absolute atomic E-state index is 0.0882. The Bertz CT molecular complexity index is 1620. The molecular weight excluding hydrogens is 558 g/mol. The largest absolute Gasteiger partial charge is 0.425 e. The number of rotatable bonds is 9. The van der Waals surface area contributed by atoms with Gasteiger partial charge in [-0.05, 0) is 86.9 Å². The zero-order valence-electron chi connectivity index (χ0n) is 25.4. The molecule has 2 fully saturated rings. The molecule has 44 heavy (non-hydrogen) atoms. The molecule has 0 aliphatic carbocycles. The summed E-state index contributed by atoms with van der Waals surface area (Å²) in [7, 11) is 5.65. The Morgan fingerprint density at radius 1 is 0.977 bits per heavy atom. The molecule has 12 heteroatoms. The number of carbonyl (C=O) groups excluding carboxylic acids is 2. The summed E-state index contributed by atoms with van der Waals surface area (Å²) < 4.78 is 6.05. The lowest BCUT2D eigenvalue weighted by Gasteiger charge is -2.29. The van der Waals surface area contributed by atoms with Crippen LogP contribution in [-0.4, -0.2) is 85.6 Å². The predicted molar refractivity (Wildman–Crippen MR) is 174 cm³/mol. The first kappa shape index (κ1) is 29.2. The molecule has 4 aromatic rings. The zero-order valence-corrected chi connectivity index (χ0v) is 25.4. The van der Waals surface area contributed by atoms with Crippen molar-refractivity contribution in [1.29, 1.82) is 0 Å². The van der Waals surface area contributed by atoms with Crippen molar-refractivity contribution >= 4 is 57.3 Å². The van der Waals surface area contributed by atoms with Crippen LogP contribution in [0.15, 0.2) is 60.8 Å². The van der Waals surface area contributed by atoms with Gasteiger partial charge < -0.3 is 25.2 Å². The third kappa shape index (κ3) is 6.55. The van der Waals surface area contributed by atoms with E-state index in [1.165, 1.54) is 4.90 Å². The van der Waals surface area contributed by atoms with Gasteiger partial charge in [0.05, 0.1) is 23.9 Å². The number of ether oxygens (including phenoxy) is 1. The molecule has 2 amide bonds. The van der Waals surface area contributed by atoms with Gasteiger partial charge in [0, 0.05) is 56.6 Å². The highest BCUT2D eigenvalue weighted by molar-refractivity contribution is 5.95. The molecule has 12 nitrogen and oxygen atoms in total. The molecule has 3 N–H and O–H groups in total. The summed E-state index contributed by atoms with van der Waals surface area (Å²) in [5, 5.41) is 14.5. The summed E-state index contributed by atoms with van der Waals surface area (Å²) in [5.41, 5.74) is 4.16. The topological polar surface area (TPSA) is 122 Å². The number of benzene rings is 2. The predicted octanol–water partition coefficient (Wildman–Crippen LogP) is 5.00. The van der Waals surface area contributed by atoms with E-state index in [1.807, 2.05) is 78.5 Å². The second-order valence-electron chi connectivity index (χ2n) is 11.5. The first-order valence-corrected chi connectivity index (χ1v) is 15.1. The Balaban J connectivity index is 1.23. The molecule has 0 radical (unpaired) electrons. The Morgan fingerprint density at radius 3 is 2.52 bits per heavy atom. The fourth-order valence-electron chi connectivity index (χ4n) is 5.71. The summed E-state index contributed by atoms with van der Waals surface area (Å²) in [6.45, 7) is 2.82. The van der Waals surface area contributed by atoms with Crippen LogP contribution in [-0.2, 0) is 9.53 Å². The molecule has 2 saturated heterocycles. The van der Waals surface area contributed by atoms with Crippen molar-refractivity contribution in [3.05, 3.63) is 60.8 Å². The number of hydrogen-bond donors (Lipinski definition) is 3. The van der Waals surface area contributed by atoms with Crippen molar-refractivity contribution < 1.29 is 14.3 Å². The minimum Gasteiger partial charge on any atom is -0.425 e. The van der Waals surface area contributed by atoms with Crippen molar-refractivity contribution in [2.24, 2.45) is 0 Å². The van der Waals surface area contributed by atoms with Crippen LogP contribution in [0.4, 0.5) is 39.2 Å². The van der Waals surface area contributed by atoms with Gasteiger partial charge in [0.1, 0.15) is 5.82 Å². The maximum absolute atomic E-state index is 13.3. The van der Waals surface area contributed by atoms with Crippen LogP contribution in [0.2, 0.25) is 0 Å². The Morgan fingerprint density at radius 2 is 1.75 bits per heavy atom. The second kappa shape index (κ2) is 12.8. The van der Waals surface area contributed by atoms with Crippen molar-refractivity contribution in [2.45, 2.75) is 31.9 Å². The van der Waals surface area contributed by atoms with Gasteiger partial charge in [-0.25, -0.2) is 9.78 Å². The van der Waals surface area contributed by atoms with E-state index in [1.54, 1.807) is 13.2 Å². The van der Waals surface area contributed by atoms with E-state index in [0.29, 0.717) is 36.8 Å². The van der Waals surface area contributed by atoms with E-state index >= 15 is 0 Å². The number of anilines is 6. The highest BCUT2D eigenvalue weighted by atomic mass is 16.6. The maximum atomic E-state index is 13.3. The lowest BCUT2D eigenvalue weighted by Crippen LogP contribution is -2.39. The van der Waals surface area contributed by atoms with Gasteiger partial charge in [-0.15, -0.1) is 0 Å². The smallest absolute Gasteiger partial charge is 0.415 e. The van der Waals surface area contributed by atoms with Crippen LogP contribution in [0.3, 0.4) is 0 Å². The lowest BCUT2D eigenvalue weighted by atomic mass is 10.2. The van der Waals surface area contributed by atoms with Crippen molar-refractivity contribution in [3.63, 3.8) is 0 Å². The molecule has 2 aliphatic heterocycles. The molecule has 1 atom stereocenters. The van der Waals surface area contributed by atoms with Gasteiger partial charge in [0.2, 0.25) is 5.91 Å². The number of amides is 2. The highest BCUT2D eigenvalue weighted by Gasteiger charge is 2.32. The normalized spacial score (nSPS) is 16.7. The first-order chi connectivity index (χ1) is 21.3. The zero-order chi connectivity index (χ0) is 30.6. The number of fused-ring (bicyclic) bond motifs is 1. The molecule has 4 heterocycles. The standard InChI is InChI=1S/C32H39N9O3/c1-38(2)24-9-11-25(12-10-24)39(3)32(43)44-30-7-6-18-41(30)31-27(35-29(42)21-40-16-4-5-17-40)14-15-28(36-31)34-23-8-13-26-22(19-23)20-33-37-26/h8-15,19-20,30H,4-7,16-18,21H2,1-3H3,(H,33,37)(H,34,36)(H,35,42)/t30-/m0/s1. The van der Waals surface area contributed by atoms with E-state index in [-0.39, 0.29) is 5.91 Å². The molecular formula is C32H39N9O3. The molecule has 0 spiro atoms. The second-order valence-corrected chi connectivity index (χ2v) is 11.5. The number of pyridine rings is 1. The number of hydrogen-bond acceptors (Lipinski definition) is 9. The van der Waals surface area contributed by atoms with E-state index in [2.05, 4.69) is 25.7 Å². The van der Waals surface area contributed by atoms with Crippen molar-refractivity contribution in [2.75, 3.05) is 72.7 Å². The van der Waals surface area contributed by atoms with Crippen molar-refractivity contribution in [1.82, 2.24) is 20.1 Å². The average molecular weight is 598 g/mol. The van der Waals surface area contributed by atoms with Crippen molar-refractivity contribution in [3.8, 4) is 0 Å². The first-order valence-electron chi connectivity index (χ1n) is 15.1. The van der Waals surface area contributed by atoms with E-state index < -0.39 is 12.3 Å². The maximum Gasteiger partial charge on any atom is 0.415 e. The number of aromatic nitrogens is 3. The molecule has 2 aliphatic rings. The average Bonchev–Trinajstić information content (AvgIpc) is 3.80. The number of carbonyl (C=O) groups is 2. The number of nitrogens with one attached hydrogen (secondary N) is 3. The van der Waals surface area contributed by atoms with Crippen LogP contribution < -0.4 is 25.3 Å². The van der Waals surface area contributed by atoms with E-state index in [0.717, 1.165) is 60.3 Å². The summed E-state index contributed by atoms with van der Waals surface area (Å²) in [6.07, 6.45) is 4.47. The number of nitrogens with zero attached hydrogens (tertiary/aromatic N) is 6. The minimum atomic E-state index is -0.537. The van der Waals surface area contributed by atoms with Crippen LogP contribution in [0.1, 0.15) is 25.7 Å². The lowest BCUT2D eigenvalue weighted by molar-refractivity contribution is -0.117. The third-order valence-corrected chi connectivity index (χ3v) is 8.16. The highest BCUT2D eigenvalue weighted by Crippen LogP contribution is 2.34. The summed E-state index contributed by atoms with van der Waals surface area (Å²) >= 11 is 0. The molecule has 0 unspecified atom stereocenters. The SMILES string of the molecule is CN(C)c1ccc(N(C)C(=O)O[C@H]2CCCN2c2nc(Nc3ccc4[nH]ncc4c3)ccc2NC(=O)CN2CCCC2)cc1. The summed E-state index contributed by atoms with van der Waals surface area (Å²) in [4.78, 5) is 38.9. The van der Waals surface area contributed by atoms with E-state index in [9.17, 15) is 9.59 Å². The van der Waals surface area contributed by atoms with Crippen LogP contribution >= 0.6 is 0 Å². The summed E-state index contributed by atoms with van der Waals surface area (Å²) in [5.74, 6) is 1.08.